The SMILES string of the molecule is O=C1C=CC(=O)C(Sc2ccc(Sc3ccc(SC4=CC(=O)C=CC4=O)cc3)cc2)=C1. The van der Waals surface area contributed by atoms with Crippen LogP contribution in [0.2, 0.25) is 0 Å². The minimum absolute atomic E-state index is 0.160. The van der Waals surface area contributed by atoms with Crippen LogP contribution in [0.25, 0.3) is 0 Å². The smallest absolute Gasteiger partial charge is 0.192 e. The molecule has 0 amide bonds. The number of hydrogen-bond donors (Lipinski definition) is 0. The normalized spacial score (nSPS) is 15.9. The summed E-state index contributed by atoms with van der Waals surface area (Å²) in [4.78, 5) is 51.3. The van der Waals surface area contributed by atoms with E-state index in [4.69, 9.17) is 0 Å². The second kappa shape index (κ2) is 9.51. The summed E-state index contributed by atoms with van der Waals surface area (Å²) in [7, 11) is 0. The number of allylic oxidation sites excluding steroid dienone is 8. The van der Waals surface area contributed by atoms with Crippen molar-refractivity contribution in [1.82, 2.24) is 0 Å². The second-order valence-electron chi connectivity index (χ2n) is 6.47. The first-order valence-electron chi connectivity index (χ1n) is 9.16. The number of ketones is 4. The highest BCUT2D eigenvalue weighted by Gasteiger charge is 2.15. The first-order valence-corrected chi connectivity index (χ1v) is 11.6. The van der Waals surface area contributed by atoms with Crippen LogP contribution >= 0.6 is 35.3 Å². The summed E-state index contributed by atoms with van der Waals surface area (Å²) in [5.74, 6) is -0.676. The van der Waals surface area contributed by atoms with E-state index in [0.29, 0.717) is 9.81 Å². The van der Waals surface area contributed by atoms with Crippen molar-refractivity contribution in [2.75, 3.05) is 0 Å². The molecule has 0 unspecified atom stereocenters. The molecule has 0 saturated carbocycles. The van der Waals surface area contributed by atoms with Crippen molar-refractivity contribution < 1.29 is 19.2 Å². The molecule has 31 heavy (non-hydrogen) atoms. The van der Waals surface area contributed by atoms with Crippen molar-refractivity contribution in [2.24, 2.45) is 0 Å². The fraction of sp³-hybridized carbons (Fsp3) is 0. The molecule has 2 aliphatic carbocycles. The largest absolute Gasteiger partial charge is 0.290 e. The van der Waals surface area contributed by atoms with Gasteiger partial charge in [-0.15, -0.1) is 0 Å². The topological polar surface area (TPSA) is 68.3 Å². The first kappa shape index (κ1) is 21.4. The van der Waals surface area contributed by atoms with Crippen molar-refractivity contribution >= 4 is 58.4 Å². The van der Waals surface area contributed by atoms with Crippen molar-refractivity contribution in [2.45, 2.75) is 19.6 Å². The summed E-state index contributed by atoms with van der Waals surface area (Å²) in [6, 6.07) is 15.5. The molecule has 4 rings (SSSR count). The van der Waals surface area contributed by atoms with Gasteiger partial charge in [0.25, 0.3) is 0 Å². The maximum Gasteiger partial charge on any atom is 0.192 e. The lowest BCUT2D eigenvalue weighted by Crippen LogP contribution is -2.04. The maximum absolute atomic E-state index is 11.9. The molecule has 2 aromatic carbocycles. The fourth-order valence-electron chi connectivity index (χ4n) is 2.68. The summed E-state index contributed by atoms with van der Waals surface area (Å²) in [6.07, 6.45) is 7.86. The van der Waals surface area contributed by atoms with Gasteiger partial charge in [0.05, 0.1) is 9.81 Å². The summed E-state index contributed by atoms with van der Waals surface area (Å²) < 4.78 is 0. The third-order valence-corrected chi connectivity index (χ3v) is 7.28. The summed E-state index contributed by atoms with van der Waals surface area (Å²) in [5, 5.41) is 0. The summed E-state index contributed by atoms with van der Waals surface area (Å²) in [6.45, 7) is 0. The third kappa shape index (κ3) is 5.64. The van der Waals surface area contributed by atoms with Gasteiger partial charge in [0.2, 0.25) is 0 Å². The van der Waals surface area contributed by atoms with Crippen LogP contribution < -0.4 is 0 Å². The van der Waals surface area contributed by atoms with E-state index < -0.39 is 0 Å². The predicted octanol–water partition coefficient (Wildman–Crippen LogP) is 5.21. The average Bonchev–Trinajstić information content (AvgIpc) is 2.76. The Morgan fingerprint density at radius 3 is 1.10 bits per heavy atom. The number of rotatable bonds is 6. The van der Waals surface area contributed by atoms with E-state index in [1.54, 1.807) is 11.8 Å². The highest BCUT2D eigenvalue weighted by Crippen LogP contribution is 2.35. The molecule has 4 nitrogen and oxygen atoms in total. The Morgan fingerprint density at radius 1 is 0.419 bits per heavy atom. The molecule has 2 aliphatic rings. The molecule has 0 atom stereocenters. The molecule has 7 heteroatoms. The van der Waals surface area contributed by atoms with Crippen LogP contribution in [-0.4, -0.2) is 23.1 Å². The van der Waals surface area contributed by atoms with Crippen LogP contribution in [0.15, 0.2) is 114 Å². The molecular weight excluding hydrogens is 448 g/mol. The Labute approximate surface area is 191 Å². The van der Waals surface area contributed by atoms with Crippen LogP contribution in [0.4, 0.5) is 0 Å². The number of carbonyl (C=O) groups is 4. The first-order chi connectivity index (χ1) is 15.0. The Balaban J connectivity index is 1.37. The quantitative estimate of drug-likeness (QED) is 0.546. The molecule has 0 radical (unpaired) electrons. The van der Waals surface area contributed by atoms with Gasteiger partial charge in [-0.2, -0.15) is 0 Å². The Kier molecular flexibility index (Phi) is 6.56. The minimum Gasteiger partial charge on any atom is -0.290 e. The van der Waals surface area contributed by atoms with E-state index in [0.717, 1.165) is 19.6 Å². The lowest BCUT2D eigenvalue weighted by atomic mass is 10.2. The van der Waals surface area contributed by atoms with Crippen molar-refractivity contribution in [3.63, 3.8) is 0 Å². The molecule has 0 N–H and O–H groups in total. The second-order valence-corrected chi connectivity index (χ2v) is 9.84. The van der Waals surface area contributed by atoms with E-state index >= 15 is 0 Å². The van der Waals surface area contributed by atoms with Crippen molar-refractivity contribution in [3.8, 4) is 0 Å². The average molecular weight is 463 g/mol. The molecule has 0 aliphatic heterocycles. The van der Waals surface area contributed by atoms with Gasteiger partial charge in [-0.25, -0.2) is 0 Å². The zero-order valence-corrected chi connectivity index (χ0v) is 18.4. The van der Waals surface area contributed by atoms with Gasteiger partial charge in [-0.05, 0) is 72.8 Å². The van der Waals surface area contributed by atoms with Crippen LogP contribution in [0.1, 0.15) is 0 Å². The Bertz CT molecular complexity index is 1100. The Morgan fingerprint density at radius 2 is 0.742 bits per heavy atom. The van der Waals surface area contributed by atoms with Crippen LogP contribution in [0, 0.1) is 0 Å². The van der Waals surface area contributed by atoms with Gasteiger partial charge in [0.1, 0.15) is 0 Å². The molecular formula is C24H14O4S3. The zero-order chi connectivity index (χ0) is 21.8. The van der Waals surface area contributed by atoms with Gasteiger partial charge < -0.3 is 0 Å². The van der Waals surface area contributed by atoms with Crippen LogP contribution in [0.3, 0.4) is 0 Å². The Hall–Kier alpha value is -2.87. The van der Waals surface area contributed by atoms with Crippen LogP contribution in [-0.2, 0) is 19.2 Å². The molecule has 0 aromatic heterocycles. The minimum atomic E-state index is -0.178. The van der Waals surface area contributed by atoms with Gasteiger partial charge in [0, 0.05) is 31.7 Å². The fourth-order valence-corrected chi connectivity index (χ4v) is 5.23. The van der Waals surface area contributed by atoms with E-state index in [1.165, 1.54) is 60.0 Å². The van der Waals surface area contributed by atoms with E-state index in [1.807, 2.05) is 48.5 Å². The van der Waals surface area contributed by atoms with Crippen LogP contribution in [0.5, 0.6) is 0 Å². The molecule has 0 fully saturated rings. The monoisotopic (exact) mass is 462 g/mol. The summed E-state index contributed by atoms with van der Waals surface area (Å²) >= 11 is 4.14. The molecule has 0 bridgehead atoms. The van der Waals surface area contributed by atoms with Crippen molar-refractivity contribution in [1.29, 1.82) is 0 Å². The lowest BCUT2D eigenvalue weighted by molar-refractivity contribution is -0.114. The number of hydrogen-bond acceptors (Lipinski definition) is 7. The van der Waals surface area contributed by atoms with E-state index in [2.05, 4.69) is 0 Å². The zero-order valence-electron chi connectivity index (χ0n) is 15.9. The molecule has 0 saturated heterocycles. The van der Waals surface area contributed by atoms with E-state index in [9.17, 15) is 19.2 Å². The summed E-state index contributed by atoms with van der Waals surface area (Å²) in [5.41, 5.74) is 0. The number of carbonyl (C=O) groups excluding carboxylic acids is 4. The molecule has 2 aromatic rings. The number of benzene rings is 2. The van der Waals surface area contributed by atoms with E-state index in [-0.39, 0.29) is 23.1 Å². The van der Waals surface area contributed by atoms with Gasteiger partial charge in [0.15, 0.2) is 23.1 Å². The molecule has 0 spiro atoms. The number of thioether (sulfide) groups is 2. The highest BCUT2D eigenvalue weighted by atomic mass is 32.2. The molecule has 152 valence electrons. The predicted molar refractivity (Wildman–Crippen MR) is 123 cm³/mol. The van der Waals surface area contributed by atoms with Gasteiger partial charge >= 0.3 is 0 Å². The van der Waals surface area contributed by atoms with Gasteiger partial charge in [-0.1, -0.05) is 35.3 Å². The lowest BCUT2D eigenvalue weighted by Gasteiger charge is -2.08. The third-order valence-electron chi connectivity index (χ3n) is 4.17. The maximum atomic E-state index is 11.9. The standard InChI is InChI=1S/C24H14O4S3/c25-15-1-11-21(27)23(13-15)30-19-7-3-17(4-8-19)29-18-5-9-20(10-6-18)31-24-14-16(26)2-12-22(24)28/h1-14H. The van der Waals surface area contributed by atoms with Gasteiger partial charge in [-0.3, -0.25) is 19.2 Å². The van der Waals surface area contributed by atoms with Crippen molar-refractivity contribution in [3.05, 3.63) is 94.8 Å². The molecule has 0 heterocycles. The highest BCUT2D eigenvalue weighted by molar-refractivity contribution is 8.04.